The number of rotatable bonds is 6. The predicted molar refractivity (Wildman–Crippen MR) is 104 cm³/mol. The fraction of sp³-hybridized carbons (Fsp3) is 0.400. The fourth-order valence-electron chi connectivity index (χ4n) is 3.45. The van der Waals surface area contributed by atoms with Crippen molar-refractivity contribution in [3.63, 3.8) is 0 Å². The minimum atomic E-state index is -3.32. The lowest BCUT2D eigenvalue weighted by molar-refractivity contribution is 0.148. The Bertz CT molecular complexity index is 837. The number of hydrogen-bond acceptors (Lipinski definition) is 4. The van der Waals surface area contributed by atoms with Crippen molar-refractivity contribution in [3.05, 3.63) is 60.2 Å². The maximum Gasteiger partial charge on any atom is 0.214 e. The van der Waals surface area contributed by atoms with E-state index in [0.29, 0.717) is 19.6 Å². The van der Waals surface area contributed by atoms with Gasteiger partial charge >= 0.3 is 0 Å². The van der Waals surface area contributed by atoms with Crippen LogP contribution in [0, 0.1) is 5.92 Å². The topological polar surface area (TPSA) is 60.9 Å². The average molecular weight is 375 g/mol. The molecular weight excluding hydrogens is 348 g/mol. The fourth-order valence-corrected chi connectivity index (χ4v) is 4.62. The number of sulfonamides is 1. The van der Waals surface area contributed by atoms with Gasteiger partial charge < -0.3 is 5.11 Å². The first kappa shape index (κ1) is 19.0. The molecule has 0 saturated carbocycles. The van der Waals surface area contributed by atoms with Crippen molar-refractivity contribution in [1.29, 1.82) is 0 Å². The number of benzene rings is 2. The molecule has 1 saturated heterocycles. The van der Waals surface area contributed by atoms with E-state index in [2.05, 4.69) is 29.2 Å². The lowest BCUT2D eigenvalue weighted by atomic mass is 9.99. The van der Waals surface area contributed by atoms with Crippen LogP contribution in [0.25, 0.3) is 11.1 Å². The second-order valence-corrected chi connectivity index (χ2v) is 9.33. The lowest BCUT2D eigenvalue weighted by Crippen LogP contribution is -2.33. The van der Waals surface area contributed by atoms with Crippen LogP contribution in [-0.2, 0) is 16.6 Å². The Labute approximate surface area is 155 Å². The van der Waals surface area contributed by atoms with Crippen molar-refractivity contribution in [2.45, 2.75) is 12.6 Å². The highest BCUT2D eigenvalue weighted by atomic mass is 32.2. The van der Waals surface area contributed by atoms with Gasteiger partial charge in [0.15, 0.2) is 0 Å². The number of β-amino-alcohol motifs (C(OH)–C–C–N with tert-alkyl or cyclic N) is 1. The van der Waals surface area contributed by atoms with E-state index in [0.717, 1.165) is 5.56 Å². The van der Waals surface area contributed by atoms with Gasteiger partial charge in [0.25, 0.3) is 0 Å². The molecule has 0 radical (unpaired) electrons. The maximum absolute atomic E-state index is 12.1. The van der Waals surface area contributed by atoms with Gasteiger partial charge in [-0.2, -0.15) is 0 Å². The van der Waals surface area contributed by atoms with E-state index in [-0.39, 0.29) is 11.7 Å². The highest BCUT2D eigenvalue weighted by Gasteiger charge is 2.35. The molecule has 1 aliphatic rings. The Morgan fingerprint density at radius 2 is 1.69 bits per heavy atom. The van der Waals surface area contributed by atoms with Gasteiger partial charge in [-0.05, 0) is 16.7 Å². The molecule has 140 valence electrons. The maximum atomic E-state index is 12.1. The minimum Gasteiger partial charge on any atom is -0.391 e. The van der Waals surface area contributed by atoms with Crippen LogP contribution >= 0.6 is 0 Å². The van der Waals surface area contributed by atoms with E-state index in [9.17, 15) is 13.5 Å². The second-order valence-electron chi connectivity index (χ2n) is 7.11. The second kappa shape index (κ2) is 7.88. The van der Waals surface area contributed by atoms with E-state index in [1.165, 1.54) is 29.5 Å². The first-order valence-corrected chi connectivity index (χ1v) is 10.4. The number of aliphatic hydroxyl groups excluding tert-OH is 1. The molecule has 0 aromatic heterocycles. The molecule has 0 spiro atoms. The number of nitrogens with zero attached hydrogens (tertiary/aromatic N) is 2. The van der Waals surface area contributed by atoms with Crippen molar-refractivity contribution in [3.8, 4) is 11.1 Å². The number of aliphatic hydroxyl groups is 1. The van der Waals surface area contributed by atoms with E-state index in [4.69, 9.17) is 0 Å². The zero-order chi connectivity index (χ0) is 18.7. The predicted octanol–water partition coefficient (Wildman–Crippen LogP) is 2.04. The van der Waals surface area contributed by atoms with Gasteiger partial charge in [-0.25, -0.2) is 12.7 Å². The molecule has 0 bridgehead atoms. The van der Waals surface area contributed by atoms with Gasteiger partial charge in [0, 0.05) is 39.6 Å². The summed E-state index contributed by atoms with van der Waals surface area (Å²) in [5.74, 6) is -0.274. The monoisotopic (exact) mass is 374 g/mol. The lowest BCUT2D eigenvalue weighted by Gasteiger charge is -2.19. The van der Waals surface area contributed by atoms with Gasteiger partial charge in [-0.3, -0.25) is 4.90 Å². The van der Waals surface area contributed by atoms with Crippen molar-refractivity contribution in [1.82, 2.24) is 9.21 Å². The molecule has 1 N–H and O–H groups in total. The Balaban J connectivity index is 1.73. The molecule has 1 aliphatic heterocycles. The molecular formula is C20H26N2O3S. The first-order chi connectivity index (χ1) is 12.4. The molecule has 0 unspecified atom stereocenters. The van der Waals surface area contributed by atoms with E-state index in [1.807, 2.05) is 30.3 Å². The summed E-state index contributed by atoms with van der Waals surface area (Å²) in [6, 6.07) is 18.5. The van der Waals surface area contributed by atoms with Crippen molar-refractivity contribution in [2.24, 2.45) is 5.92 Å². The van der Waals surface area contributed by atoms with Crippen LogP contribution < -0.4 is 0 Å². The summed E-state index contributed by atoms with van der Waals surface area (Å²) in [4.78, 5) is 2.14. The van der Waals surface area contributed by atoms with Crippen LogP contribution in [0.1, 0.15) is 5.56 Å². The number of hydrogen-bond donors (Lipinski definition) is 1. The average Bonchev–Trinajstić information content (AvgIpc) is 2.94. The van der Waals surface area contributed by atoms with E-state index >= 15 is 0 Å². The minimum absolute atomic E-state index is 0.0159. The van der Waals surface area contributed by atoms with Crippen LogP contribution in [0.4, 0.5) is 0 Å². The Morgan fingerprint density at radius 3 is 2.38 bits per heavy atom. The molecule has 3 rings (SSSR count). The molecule has 2 aromatic carbocycles. The van der Waals surface area contributed by atoms with Crippen LogP contribution in [-0.4, -0.2) is 61.8 Å². The highest BCUT2D eigenvalue weighted by molar-refractivity contribution is 7.89. The molecule has 6 heteroatoms. The normalized spacial score (nSPS) is 21.4. The molecule has 1 heterocycles. The quantitative estimate of drug-likeness (QED) is 0.841. The summed E-state index contributed by atoms with van der Waals surface area (Å²) < 4.78 is 25.5. The van der Waals surface area contributed by atoms with Crippen molar-refractivity contribution in [2.75, 3.05) is 32.9 Å². The number of likely N-dealkylation sites (tertiary alicyclic amines) is 1. The smallest absolute Gasteiger partial charge is 0.214 e. The molecule has 0 aliphatic carbocycles. The zero-order valence-electron chi connectivity index (χ0n) is 15.2. The first-order valence-electron chi connectivity index (χ1n) is 8.81. The molecule has 0 amide bonds. The van der Waals surface area contributed by atoms with Crippen LogP contribution in [0.5, 0.6) is 0 Å². The van der Waals surface area contributed by atoms with Gasteiger partial charge in [0.05, 0.1) is 11.9 Å². The third-order valence-corrected chi connectivity index (χ3v) is 6.92. The van der Waals surface area contributed by atoms with Crippen LogP contribution in [0.3, 0.4) is 0 Å². The van der Waals surface area contributed by atoms with Crippen LogP contribution in [0.15, 0.2) is 54.6 Å². The van der Waals surface area contributed by atoms with Crippen molar-refractivity contribution < 1.29 is 13.5 Å². The third kappa shape index (κ3) is 4.32. The van der Waals surface area contributed by atoms with Gasteiger partial charge in [0.2, 0.25) is 10.0 Å². The molecule has 26 heavy (non-hydrogen) atoms. The van der Waals surface area contributed by atoms with Gasteiger partial charge in [-0.15, -0.1) is 0 Å². The summed E-state index contributed by atoms with van der Waals surface area (Å²) in [6.07, 6.45) is -0.617. The van der Waals surface area contributed by atoms with Gasteiger partial charge in [-0.1, -0.05) is 54.6 Å². The van der Waals surface area contributed by atoms with E-state index in [1.54, 1.807) is 0 Å². The third-order valence-electron chi connectivity index (χ3n) is 4.96. The summed E-state index contributed by atoms with van der Waals surface area (Å²) in [6.45, 7) is 1.77. The zero-order valence-corrected chi connectivity index (χ0v) is 16.1. The standard InChI is InChI=1S/C20H26N2O3S/c1-21(2)26(24,25)15-18-13-22(14-20(18)23)12-17-10-6-7-11-19(17)16-8-4-3-5-9-16/h3-11,18,20,23H,12-15H2,1-2H3/t18-,20+/m0/s1. The summed E-state index contributed by atoms with van der Waals surface area (Å²) in [7, 11) is -0.251. The Kier molecular flexibility index (Phi) is 5.77. The molecule has 1 fully saturated rings. The largest absolute Gasteiger partial charge is 0.391 e. The molecule has 2 atom stereocenters. The Hall–Kier alpha value is -1.73. The SMILES string of the molecule is CN(C)S(=O)(=O)C[C@@H]1CN(Cc2ccccc2-c2ccccc2)C[C@H]1O. The summed E-state index contributed by atoms with van der Waals surface area (Å²) in [5.41, 5.74) is 3.52. The summed E-state index contributed by atoms with van der Waals surface area (Å²) >= 11 is 0. The summed E-state index contributed by atoms with van der Waals surface area (Å²) in [5, 5.41) is 10.3. The van der Waals surface area contributed by atoms with E-state index < -0.39 is 16.1 Å². The van der Waals surface area contributed by atoms with Crippen molar-refractivity contribution >= 4 is 10.0 Å². The highest BCUT2D eigenvalue weighted by Crippen LogP contribution is 2.27. The molecule has 2 aromatic rings. The van der Waals surface area contributed by atoms with Crippen LogP contribution in [0.2, 0.25) is 0 Å². The van der Waals surface area contributed by atoms with Gasteiger partial charge in [0.1, 0.15) is 0 Å². The Morgan fingerprint density at radius 1 is 1.04 bits per heavy atom. The molecule has 5 nitrogen and oxygen atoms in total.